The summed E-state index contributed by atoms with van der Waals surface area (Å²) >= 11 is 0. The molecule has 0 amide bonds. The zero-order valence-electron chi connectivity index (χ0n) is 3.23. The van der Waals surface area contributed by atoms with Gasteiger partial charge in [-0.25, -0.2) is 0 Å². The summed E-state index contributed by atoms with van der Waals surface area (Å²) in [6, 6.07) is 13.5. The molecule has 0 unspecified atom stereocenters. The van der Waals surface area contributed by atoms with E-state index in [1.54, 1.807) is 18.2 Å². The summed E-state index contributed by atoms with van der Waals surface area (Å²) in [4.78, 5) is 0. The highest BCUT2D eigenvalue weighted by Crippen LogP contribution is 1.76. The van der Waals surface area contributed by atoms with Crippen LogP contribution in [0.2, 0.25) is 0 Å². The van der Waals surface area contributed by atoms with Gasteiger partial charge in [-0.2, -0.15) is 0 Å². The predicted octanol–water partition coefficient (Wildman–Crippen LogP) is 1.09. The number of hydrogen-bond donors (Lipinski definition) is 0. The van der Waals surface area contributed by atoms with Crippen molar-refractivity contribution in [1.29, 1.82) is 0 Å². The highest BCUT2D eigenvalue weighted by atomic mass is 13.6. The average Bonchev–Trinajstić information content (AvgIpc) is 1.72. The monoisotopic (exact) mass is 75.0 g/mol. The summed E-state index contributed by atoms with van der Waals surface area (Å²) in [6.07, 6.45) is 0. The lowest BCUT2D eigenvalue weighted by Crippen LogP contribution is -1.51. The van der Waals surface area contributed by atoms with Gasteiger partial charge in [0.1, 0.15) is 0 Å². The van der Waals surface area contributed by atoms with E-state index in [1.807, 2.05) is 0 Å². The van der Waals surface area contributed by atoms with Crippen molar-refractivity contribution in [3.05, 3.63) is 36.4 Å². The summed E-state index contributed by atoms with van der Waals surface area (Å²) < 4.78 is 0. The van der Waals surface area contributed by atoms with Crippen LogP contribution >= 0.6 is 0 Å². The first-order chi connectivity index (χ1) is 3.00. The first-order valence-electron chi connectivity index (χ1n) is 1.73. The van der Waals surface area contributed by atoms with Crippen molar-refractivity contribution in [2.75, 3.05) is 0 Å². The molecule has 0 radical (unpaired) electrons. The maximum atomic E-state index is 2.78. The molecule has 0 aliphatic carbocycles. The van der Waals surface area contributed by atoms with Crippen LogP contribution in [0.5, 0.6) is 0 Å². The van der Waals surface area contributed by atoms with Gasteiger partial charge in [-0.3, -0.25) is 0 Å². The lowest BCUT2D eigenvalue weighted by molar-refractivity contribution is 1.66. The minimum Gasteiger partial charge on any atom is -0.545 e. The fourth-order valence-electron chi connectivity index (χ4n) is 0.269. The van der Waals surface area contributed by atoms with Crippen LogP contribution in [0.4, 0.5) is 0 Å². The molecule has 0 N–H and O–H groups in total. The Morgan fingerprint density at radius 1 is 0.667 bits per heavy atom. The summed E-state index contributed by atoms with van der Waals surface area (Å²) in [5.74, 6) is 0. The number of benzene rings is 1. The molecule has 0 aromatic heterocycles. The predicted molar refractivity (Wildman–Crippen MR) is 22.9 cm³/mol. The molecule has 0 heteroatoms. The van der Waals surface area contributed by atoms with E-state index < -0.39 is 0 Å². The molecule has 0 aliphatic heterocycles. The van der Waals surface area contributed by atoms with Crippen LogP contribution in [0.15, 0.2) is 18.2 Å². The SMILES string of the molecule is [c-]1c[c-]c[c-]c1. The van der Waals surface area contributed by atoms with Crippen LogP contribution in [-0.2, 0) is 0 Å². The van der Waals surface area contributed by atoms with Gasteiger partial charge in [0.25, 0.3) is 0 Å². The Hall–Kier alpha value is -0.780. The molecule has 0 aliphatic rings. The van der Waals surface area contributed by atoms with E-state index in [4.69, 9.17) is 0 Å². The molecule has 30 valence electrons. The number of hydrogen-bond acceptors (Lipinski definition) is 0. The normalized spacial score (nSPS) is 8.00. The van der Waals surface area contributed by atoms with Crippen molar-refractivity contribution in [2.24, 2.45) is 0 Å². The minimum atomic E-state index is 1.72. The van der Waals surface area contributed by atoms with Crippen LogP contribution in [0.1, 0.15) is 0 Å². The van der Waals surface area contributed by atoms with Crippen molar-refractivity contribution in [3.63, 3.8) is 0 Å². The maximum Gasteiger partial charge on any atom is -0.436 e. The van der Waals surface area contributed by atoms with Crippen molar-refractivity contribution in [2.45, 2.75) is 0 Å². The Morgan fingerprint density at radius 3 is 1.17 bits per heavy atom. The molecular formula is C6H3-3. The van der Waals surface area contributed by atoms with Crippen molar-refractivity contribution in [3.8, 4) is 0 Å². The van der Waals surface area contributed by atoms with Gasteiger partial charge in [-0.15, -0.1) is 0 Å². The zero-order valence-corrected chi connectivity index (χ0v) is 3.23. The van der Waals surface area contributed by atoms with Gasteiger partial charge >= 0.3 is 0 Å². The average molecular weight is 75.1 g/mol. The highest BCUT2D eigenvalue weighted by Gasteiger charge is 1.15. The fraction of sp³-hybridized carbons (Fsp3) is 0. The van der Waals surface area contributed by atoms with Gasteiger partial charge < -0.3 is 36.4 Å². The van der Waals surface area contributed by atoms with E-state index in [9.17, 15) is 0 Å². The van der Waals surface area contributed by atoms with E-state index >= 15 is 0 Å². The van der Waals surface area contributed by atoms with Crippen LogP contribution in [-0.4, -0.2) is 0 Å². The molecule has 0 nitrogen and oxygen atoms in total. The van der Waals surface area contributed by atoms with Gasteiger partial charge in [0.05, 0.1) is 0 Å². The van der Waals surface area contributed by atoms with Gasteiger partial charge in [0.15, 0.2) is 0 Å². The summed E-state index contributed by atoms with van der Waals surface area (Å²) in [5.41, 5.74) is 0. The smallest absolute Gasteiger partial charge is 0.436 e. The molecule has 1 aromatic carbocycles. The van der Waals surface area contributed by atoms with Crippen LogP contribution in [0, 0.1) is 18.2 Å². The minimum absolute atomic E-state index is 1.72. The molecule has 1 rings (SSSR count). The quantitative estimate of drug-likeness (QED) is 0.405. The first kappa shape index (κ1) is 3.41. The molecule has 1 aromatic rings. The third kappa shape index (κ3) is 0.582. The summed E-state index contributed by atoms with van der Waals surface area (Å²) in [5, 5.41) is 0. The van der Waals surface area contributed by atoms with Gasteiger partial charge in [0, 0.05) is 0 Å². The Labute approximate surface area is 37.4 Å². The second-order valence-electron chi connectivity index (χ2n) is 0.933. The highest BCUT2D eigenvalue weighted by molar-refractivity contribution is 4.93. The van der Waals surface area contributed by atoms with Crippen LogP contribution in [0.3, 0.4) is 0 Å². The standard InChI is InChI=1S/C6H3/c1-2-4-6-5-3-1/h1,4-5H/q-3. The Bertz CT molecular complexity index is 72.0. The van der Waals surface area contributed by atoms with Gasteiger partial charge in [-0.05, 0) is 0 Å². The van der Waals surface area contributed by atoms with E-state index in [-0.39, 0.29) is 0 Å². The Kier molecular flexibility index (Phi) is 0.913. The first-order valence-corrected chi connectivity index (χ1v) is 1.73. The molecule has 0 atom stereocenters. The second kappa shape index (κ2) is 1.61. The van der Waals surface area contributed by atoms with Gasteiger partial charge in [-0.1, -0.05) is 0 Å². The molecule has 0 saturated carbocycles. The topological polar surface area (TPSA) is 0 Å². The third-order valence-electron chi connectivity index (χ3n) is 0.500. The van der Waals surface area contributed by atoms with E-state index in [0.29, 0.717) is 0 Å². The summed E-state index contributed by atoms with van der Waals surface area (Å²) in [7, 11) is 0. The van der Waals surface area contributed by atoms with E-state index in [0.717, 1.165) is 0 Å². The van der Waals surface area contributed by atoms with Gasteiger partial charge in [0.2, 0.25) is 0 Å². The second-order valence-corrected chi connectivity index (χ2v) is 0.933. The van der Waals surface area contributed by atoms with Crippen molar-refractivity contribution in [1.82, 2.24) is 0 Å². The lowest BCUT2D eigenvalue weighted by atomic mass is 10.4. The summed E-state index contributed by atoms with van der Waals surface area (Å²) in [6.45, 7) is 0. The van der Waals surface area contributed by atoms with Crippen molar-refractivity contribution < 1.29 is 0 Å². The van der Waals surface area contributed by atoms with E-state index in [1.165, 1.54) is 0 Å². The maximum absolute atomic E-state index is 2.78. The third-order valence-corrected chi connectivity index (χ3v) is 0.500. The van der Waals surface area contributed by atoms with Crippen LogP contribution in [0.25, 0.3) is 0 Å². The molecule has 0 saturated heterocycles. The molecule has 0 spiro atoms. The molecule has 0 bridgehead atoms. The lowest BCUT2D eigenvalue weighted by Gasteiger charge is -2.12. The molecule has 0 heterocycles. The van der Waals surface area contributed by atoms with E-state index in [2.05, 4.69) is 18.2 Å². The molecular weight excluding hydrogens is 72.1 g/mol. The molecule has 6 heavy (non-hydrogen) atoms. The fourth-order valence-corrected chi connectivity index (χ4v) is 0.269. The van der Waals surface area contributed by atoms with Crippen molar-refractivity contribution >= 4 is 0 Å². The Morgan fingerprint density at radius 2 is 1.00 bits per heavy atom. The Balaban J connectivity index is 3.00. The zero-order chi connectivity index (χ0) is 4.24. The van der Waals surface area contributed by atoms with Crippen LogP contribution < -0.4 is 0 Å². The number of rotatable bonds is 0. The largest absolute Gasteiger partial charge is 0.545 e. The molecule has 0 fully saturated rings.